The van der Waals surface area contributed by atoms with Crippen molar-refractivity contribution in [3.05, 3.63) is 35.4 Å². The number of rotatable bonds is 4. The number of aryl methyl sites for hydroxylation is 1. The molecule has 1 aromatic rings. The van der Waals surface area contributed by atoms with Crippen molar-refractivity contribution in [3.63, 3.8) is 0 Å². The van der Waals surface area contributed by atoms with Gasteiger partial charge in [0.25, 0.3) is 0 Å². The lowest BCUT2D eigenvalue weighted by Crippen LogP contribution is -2.31. The van der Waals surface area contributed by atoms with E-state index in [9.17, 15) is 5.11 Å². The van der Waals surface area contributed by atoms with Crippen LogP contribution in [0.5, 0.6) is 0 Å². The van der Waals surface area contributed by atoms with Gasteiger partial charge < -0.3 is 5.11 Å². The van der Waals surface area contributed by atoms with Gasteiger partial charge in [-0.15, -0.1) is 0 Å². The van der Waals surface area contributed by atoms with Gasteiger partial charge in [-0.05, 0) is 37.7 Å². The first-order valence-corrected chi connectivity index (χ1v) is 5.71. The number of benzene rings is 1. The Bertz CT molecular complexity index is 317. The highest BCUT2D eigenvalue weighted by Gasteiger charge is 2.27. The third-order valence-corrected chi connectivity index (χ3v) is 3.51. The van der Waals surface area contributed by atoms with Gasteiger partial charge in [-0.2, -0.15) is 0 Å². The summed E-state index contributed by atoms with van der Waals surface area (Å²) in [6, 6.07) is 8.54. The molecule has 84 valence electrons. The van der Waals surface area contributed by atoms with Gasteiger partial charge in [0, 0.05) is 0 Å². The molecule has 1 heteroatoms. The van der Waals surface area contributed by atoms with Crippen molar-refractivity contribution in [1.82, 2.24) is 0 Å². The minimum absolute atomic E-state index is 0.00616. The van der Waals surface area contributed by atoms with Crippen molar-refractivity contribution >= 4 is 0 Å². The predicted molar refractivity (Wildman–Crippen MR) is 65.0 cm³/mol. The van der Waals surface area contributed by atoms with E-state index < -0.39 is 0 Å². The summed E-state index contributed by atoms with van der Waals surface area (Å²) in [6.07, 6.45) is 1.68. The second-order valence-corrected chi connectivity index (χ2v) is 4.85. The standard InChI is InChI=1S/C14H22O/c1-5-14(4,12(3)15)10-13-8-6-7-11(2)9-13/h6-9,12,15H,5,10H2,1-4H3. The van der Waals surface area contributed by atoms with Crippen LogP contribution in [0.1, 0.15) is 38.3 Å². The first kappa shape index (κ1) is 12.3. The Morgan fingerprint density at radius 3 is 2.53 bits per heavy atom. The molecule has 0 amide bonds. The highest BCUT2D eigenvalue weighted by molar-refractivity contribution is 5.23. The van der Waals surface area contributed by atoms with E-state index >= 15 is 0 Å². The molecular weight excluding hydrogens is 184 g/mol. The second-order valence-electron chi connectivity index (χ2n) is 4.85. The van der Waals surface area contributed by atoms with Crippen molar-refractivity contribution in [3.8, 4) is 0 Å². The fourth-order valence-corrected chi connectivity index (χ4v) is 1.86. The van der Waals surface area contributed by atoms with Gasteiger partial charge in [-0.3, -0.25) is 0 Å². The Morgan fingerprint density at radius 1 is 1.40 bits per heavy atom. The number of hydrogen-bond acceptors (Lipinski definition) is 1. The average Bonchev–Trinajstić information content (AvgIpc) is 2.17. The van der Waals surface area contributed by atoms with Crippen LogP contribution in [0, 0.1) is 12.3 Å². The molecule has 0 aromatic heterocycles. The van der Waals surface area contributed by atoms with Crippen molar-refractivity contribution in [1.29, 1.82) is 0 Å². The molecule has 0 radical (unpaired) electrons. The highest BCUT2D eigenvalue weighted by Crippen LogP contribution is 2.30. The Hall–Kier alpha value is -0.820. The highest BCUT2D eigenvalue weighted by atomic mass is 16.3. The Kier molecular flexibility index (Phi) is 3.92. The smallest absolute Gasteiger partial charge is 0.0568 e. The van der Waals surface area contributed by atoms with E-state index in [-0.39, 0.29) is 11.5 Å². The zero-order valence-corrected chi connectivity index (χ0v) is 10.2. The third kappa shape index (κ3) is 3.07. The molecule has 0 bridgehead atoms. The molecule has 0 spiro atoms. The van der Waals surface area contributed by atoms with Gasteiger partial charge in [0.2, 0.25) is 0 Å². The van der Waals surface area contributed by atoms with Crippen molar-refractivity contribution in [2.75, 3.05) is 0 Å². The van der Waals surface area contributed by atoms with Crippen LogP contribution in [-0.4, -0.2) is 11.2 Å². The van der Waals surface area contributed by atoms with E-state index in [1.54, 1.807) is 0 Å². The molecule has 0 saturated carbocycles. The van der Waals surface area contributed by atoms with Gasteiger partial charge >= 0.3 is 0 Å². The predicted octanol–water partition coefficient (Wildman–Crippen LogP) is 3.33. The van der Waals surface area contributed by atoms with E-state index in [0.29, 0.717) is 0 Å². The van der Waals surface area contributed by atoms with E-state index in [1.807, 2.05) is 6.92 Å². The van der Waals surface area contributed by atoms with E-state index in [0.717, 1.165) is 12.8 Å². The van der Waals surface area contributed by atoms with Crippen LogP contribution in [0.4, 0.5) is 0 Å². The first-order valence-electron chi connectivity index (χ1n) is 5.71. The van der Waals surface area contributed by atoms with Gasteiger partial charge in [0.05, 0.1) is 6.10 Å². The summed E-state index contributed by atoms with van der Waals surface area (Å²) in [6.45, 7) is 8.29. The number of hydrogen-bond donors (Lipinski definition) is 1. The molecule has 1 N–H and O–H groups in total. The lowest BCUT2D eigenvalue weighted by molar-refractivity contribution is 0.0493. The quantitative estimate of drug-likeness (QED) is 0.801. The molecule has 15 heavy (non-hydrogen) atoms. The fourth-order valence-electron chi connectivity index (χ4n) is 1.86. The molecule has 0 aliphatic rings. The van der Waals surface area contributed by atoms with Crippen LogP contribution in [-0.2, 0) is 6.42 Å². The average molecular weight is 206 g/mol. The summed E-state index contributed by atoms with van der Waals surface area (Å²) in [4.78, 5) is 0. The maximum atomic E-state index is 9.80. The lowest BCUT2D eigenvalue weighted by Gasteiger charge is -2.31. The van der Waals surface area contributed by atoms with Gasteiger partial charge in [0.1, 0.15) is 0 Å². The van der Waals surface area contributed by atoms with Gasteiger partial charge in [-0.1, -0.05) is 43.7 Å². The topological polar surface area (TPSA) is 20.2 Å². The Labute approximate surface area is 93.1 Å². The monoisotopic (exact) mass is 206 g/mol. The minimum Gasteiger partial charge on any atom is -0.393 e. The summed E-state index contributed by atoms with van der Waals surface area (Å²) < 4.78 is 0. The molecule has 0 heterocycles. The second kappa shape index (κ2) is 4.80. The van der Waals surface area contributed by atoms with Crippen LogP contribution >= 0.6 is 0 Å². The maximum absolute atomic E-state index is 9.80. The van der Waals surface area contributed by atoms with Crippen LogP contribution in [0.2, 0.25) is 0 Å². The Morgan fingerprint density at radius 2 is 2.07 bits per heavy atom. The van der Waals surface area contributed by atoms with Gasteiger partial charge in [-0.25, -0.2) is 0 Å². The number of aliphatic hydroxyl groups excluding tert-OH is 1. The van der Waals surface area contributed by atoms with Crippen LogP contribution in [0.25, 0.3) is 0 Å². The number of aliphatic hydroxyl groups is 1. The molecule has 0 saturated heterocycles. The Balaban J connectivity index is 2.84. The summed E-state index contributed by atoms with van der Waals surface area (Å²) >= 11 is 0. The minimum atomic E-state index is -0.261. The van der Waals surface area contributed by atoms with E-state index in [2.05, 4.69) is 45.0 Å². The van der Waals surface area contributed by atoms with Crippen LogP contribution in [0.3, 0.4) is 0 Å². The summed E-state index contributed by atoms with van der Waals surface area (Å²) in [5, 5.41) is 9.80. The largest absolute Gasteiger partial charge is 0.393 e. The van der Waals surface area contributed by atoms with Crippen LogP contribution < -0.4 is 0 Å². The van der Waals surface area contributed by atoms with Gasteiger partial charge in [0.15, 0.2) is 0 Å². The van der Waals surface area contributed by atoms with E-state index in [1.165, 1.54) is 11.1 Å². The molecule has 2 unspecified atom stereocenters. The fraction of sp³-hybridized carbons (Fsp3) is 0.571. The third-order valence-electron chi connectivity index (χ3n) is 3.51. The van der Waals surface area contributed by atoms with Crippen LogP contribution in [0.15, 0.2) is 24.3 Å². The molecule has 0 aliphatic carbocycles. The molecule has 1 rings (SSSR count). The van der Waals surface area contributed by atoms with Crippen molar-refractivity contribution in [2.24, 2.45) is 5.41 Å². The summed E-state index contributed by atoms with van der Waals surface area (Å²) in [7, 11) is 0. The SMILES string of the molecule is CCC(C)(Cc1cccc(C)c1)C(C)O. The molecular formula is C14H22O. The maximum Gasteiger partial charge on any atom is 0.0568 e. The van der Waals surface area contributed by atoms with E-state index in [4.69, 9.17) is 0 Å². The molecule has 0 fully saturated rings. The molecule has 1 aromatic carbocycles. The van der Waals surface area contributed by atoms with Crippen molar-refractivity contribution in [2.45, 2.75) is 46.6 Å². The normalized spacial score (nSPS) is 17.1. The zero-order chi connectivity index (χ0) is 11.5. The first-order chi connectivity index (χ1) is 6.98. The molecule has 0 aliphatic heterocycles. The summed E-state index contributed by atoms with van der Waals surface area (Å²) in [5.74, 6) is 0. The lowest BCUT2D eigenvalue weighted by atomic mass is 9.77. The molecule has 1 nitrogen and oxygen atoms in total. The molecule has 2 atom stereocenters. The van der Waals surface area contributed by atoms with Crippen molar-refractivity contribution < 1.29 is 5.11 Å². The summed E-state index contributed by atoms with van der Waals surface area (Å²) in [5.41, 5.74) is 2.60. The zero-order valence-electron chi connectivity index (χ0n) is 10.2.